The first kappa shape index (κ1) is 16.9. The number of hydrogen-bond acceptors (Lipinski definition) is 4. The first-order valence-electron chi connectivity index (χ1n) is 7.19. The maximum atomic E-state index is 12.9. The van der Waals surface area contributed by atoms with Gasteiger partial charge in [-0.25, -0.2) is 17.9 Å². The number of benzene rings is 2. The lowest BCUT2D eigenvalue weighted by Gasteiger charge is -2.17. The second-order valence-electron chi connectivity index (χ2n) is 5.37. The van der Waals surface area contributed by atoms with Crippen molar-refractivity contribution in [2.45, 2.75) is 16.2 Å². The van der Waals surface area contributed by atoms with Crippen molar-refractivity contribution in [2.75, 3.05) is 17.2 Å². The Balaban J connectivity index is 1.71. The number of anilines is 1. The van der Waals surface area contributed by atoms with Gasteiger partial charge in [-0.1, -0.05) is 0 Å². The van der Waals surface area contributed by atoms with Gasteiger partial charge < -0.3 is 4.90 Å². The summed E-state index contributed by atoms with van der Waals surface area (Å²) in [6, 6.07) is 10.5. The molecule has 126 valence electrons. The van der Waals surface area contributed by atoms with E-state index >= 15 is 0 Å². The molecule has 0 atom stereocenters. The van der Waals surface area contributed by atoms with Crippen LogP contribution in [-0.4, -0.2) is 26.6 Å². The summed E-state index contributed by atoms with van der Waals surface area (Å²) in [5, 5.41) is 5.13. The summed E-state index contributed by atoms with van der Waals surface area (Å²) in [6.07, 6.45) is 0.589. The van der Waals surface area contributed by atoms with Gasteiger partial charge >= 0.3 is 0 Å². The van der Waals surface area contributed by atoms with Gasteiger partial charge in [0.2, 0.25) is 15.9 Å². The number of nitrogens with zero attached hydrogens (tertiary/aromatic N) is 1. The molecule has 0 aromatic heterocycles. The van der Waals surface area contributed by atoms with Crippen molar-refractivity contribution >= 4 is 33.4 Å². The topological polar surface area (TPSA) is 80.5 Å². The molecule has 0 saturated carbocycles. The number of carbonyl (C=O) groups is 1. The molecule has 0 radical (unpaired) electrons. The molecule has 1 aliphatic rings. The molecule has 3 rings (SSSR count). The second kappa shape index (κ2) is 6.54. The Kier molecular flexibility index (Phi) is 4.62. The minimum atomic E-state index is -3.75. The van der Waals surface area contributed by atoms with Crippen LogP contribution in [0.25, 0.3) is 0 Å². The van der Waals surface area contributed by atoms with Gasteiger partial charge in [-0.05, 0) is 54.4 Å². The van der Waals surface area contributed by atoms with Crippen molar-refractivity contribution < 1.29 is 17.6 Å². The molecule has 24 heavy (non-hydrogen) atoms. The van der Waals surface area contributed by atoms with Crippen LogP contribution in [-0.2, 0) is 21.2 Å². The van der Waals surface area contributed by atoms with Crippen LogP contribution < -0.4 is 10.0 Å². The molecule has 0 aliphatic carbocycles. The number of fused-ring (bicyclic) bond motifs is 1. The summed E-state index contributed by atoms with van der Waals surface area (Å²) >= 11 is 1.33. The highest BCUT2D eigenvalue weighted by Crippen LogP contribution is 2.31. The quantitative estimate of drug-likeness (QED) is 0.841. The predicted molar refractivity (Wildman–Crippen MR) is 91.0 cm³/mol. The zero-order chi connectivity index (χ0) is 17.3. The number of carbonyl (C=O) groups excluding carboxylic acids is 1. The normalized spacial score (nSPS) is 13.8. The van der Waals surface area contributed by atoms with E-state index in [4.69, 9.17) is 5.14 Å². The van der Waals surface area contributed by atoms with E-state index in [-0.39, 0.29) is 22.4 Å². The summed E-state index contributed by atoms with van der Waals surface area (Å²) in [5.74, 6) is -0.168. The monoisotopic (exact) mass is 366 g/mol. The number of nitrogens with two attached hydrogens (primary N) is 1. The fourth-order valence-corrected chi connectivity index (χ4v) is 3.91. The molecule has 1 amide bonds. The van der Waals surface area contributed by atoms with Crippen LogP contribution in [0.15, 0.2) is 52.3 Å². The lowest BCUT2D eigenvalue weighted by atomic mass is 10.2. The molecule has 1 heterocycles. The van der Waals surface area contributed by atoms with Gasteiger partial charge in [0.25, 0.3) is 0 Å². The van der Waals surface area contributed by atoms with Crippen molar-refractivity contribution in [3.8, 4) is 0 Å². The van der Waals surface area contributed by atoms with Crippen molar-refractivity contribution in [2.24, 2.45) is 5.14 Å². The number of hydrogen-bond donors (Lipinski definition) is 1. The van der Waals surface area contributed by atoms with E-state index in [1.165, 1.54) is 36.0 Å². The highest BCUT2D eigenvalue weighted by molar-refractivity contribution is 8.00. The van der Waals surface area contributed by atoms with Crippen LogP contribution in [0.3, 0.4) is 0 Å². The van der Waals surface area contributed by atoms with Crippen LogP contribution in [0, 0.1) is 5.82 Å². The van der Waals surface area contributed by atoms with Crippen LogP contribution >= 0.6 is 11.8 Å². The maximum absolute atomic E-state index is 12.9. The summed E-state index contributed by atoms with van der Waals surface area (Å²) in [5.41, 5.74) is 1.51. The Morgan fingerprint density at radius 2 is 1.92 bits per heavy atom. The van der Waals surface area contributed by atoms with Crippen LogP contribution in [0.5, 0.6) is 0 Å². The Labute approximate surface area is 143 Å². The fraction of sp³-hybridized carbons (Fsp3) is 0.188. The maximum Gasteiger partial charge on any atom is 0.238 e. The van der Waals surface area contributed by atoms with Gasteiger partial charge in [0.1, 0.15) is 5.82 Å². The van der Waals surface area contributed by atoms with E-state index in [1.54, 1.807) is 23.1 Å². The molecule has 2 N–H and O–H groups in total. The molecule has 0 saturated heterocycles. The number of amides is 1. The van der Waals surface area contributed by atoms with E-state index in [2.05, 4.69) is 0 Å². The second-order valence-corrected chi connectivity index (χ2v) is 7.98. The molecule has 2 aromatic rings. The molecule has 1 aliphatic heterocycles. The molecule has 0 bridgehead atoms. The fourth-order valence-electron chi connectivity index (χ4n) is 2.57. The highest BCUT2D eigenvalue weighted by Gasteiger charge is 2.25. The number of sulfonamides is 1. The molecule has 0 spiro atoms. The van der Waals surface area contributed by atoms with E-state index in [0.717, 1.165) is 10.5 Å². The van der Waals surface area contributed by atoms with Gasteiger partial charge in [-0.2, -0.15) is 0 Å². The summed E-state index contributed by atoms with van der Waals surface area (Å²) in [6.45, 7) is 0.506. The molecule has 2 aromatic carbocycles. The van der Waals surface area contributed by atoms with Crippen LogP contribution in [0.1, 0.15) is 5.56 Å². The zero-order valence-electron chi connectivity index (χ0n) is 12.6. The Hall–Kier alpha value is -1.90. The molecular formula is C16H15FN2O3S2. The summed E-state index contributed by atoms with van der Waals surface area (Å²) in [7, 11) is -3.75. The van der Waals surface area contributed by atoms with Gasteiger partial charge in [0.05, 0.1) is 10.6 Å². The number of rotatable bonds is 4. The van der Waals surface area contributed by atoms with E-state index in [1.807, 2.05) is 0 Å². The Morgan fingerprint density at radius 1 is 1.21 bits per heavy atom. The lowest BCUT2D eigenvalue weighted by molar-refractivity contribution is -0.116. The molecule has 5 nitrogen and oxygen atoms in total. The highest BCUT2D eigenvalue weighted by atomic mass is 32.2. The average Bonchev–Trinajstić information content (AvgIpc) is 2.96. The smallest absolute Gasteiger partial charge is 0.238 e. The van der Waals surface area contributed by atoms with Crippen molar-refractivity contribution in [3.63, 3.8) is 0 Å². The Morgan fingerprint density at radius 3 is 2.58 bits per heavy atom. The van der Waals surface area contributed by atoms with Crippen LogP contribution in [0.2, 0.25) is 0 Å². The molecule has 0 fully saturated rings. The zero-order valence-corrected chi connectivity index (χ0v) is 14.2. The molecular weight excluding hydrogens is 351 g/mol. The molecule has 0 unspecified atom stereocenters. The lowest BCUT2D eigenvalue weighted by Crippen LogP contribution is -2.30. The first-order valence-corrected chi connectivity index (χ1v) is 9.72. The van der Waals surface area contributed by atoms with Gasteiger partial charge in [0.15, 0.2) is 0 Å². The Bertz CT molecular complexity index is 883. The predicted octanol–water partition coefficient (Wildman–Crippen LogP) is 2.15. The third kappa shape index (κ3) is 3.61. The van der Waals surface area contributed by atoms with Crippen molar-refractivity contribution in [1.29, 1.82) is 0 Å². The minimum Gasteiger partial charge on any atom is -0.311 e. The standard InChI is InChI=1S/C16H15FN2O3S2/c17-12-1-3-13(4-2-12)23-10-16(20)19-8-7-11-9-14(24(18,21)22)5-6-15(11)19/h1-6,9H,7-8,10H2,(H2,18,21,22). The summed E-state index contributed by atoms with van der Waals surface area (Å²) < 4.78 is 35.7. The third-order valence-electron chi connectivity index (χ3n) is 3.75. The van der Waals surface area contributed by atoms with Crippen LogP contribution in [0.4, 0.5) is 10.1 Å². The van der Waals surface area contributed by atoms with Crippen molar-refractivity contribution in [3.05, 3.63) is 53.8 Å². The largest absolute Gasteiger partial charge is 0.311 e. The van der Waals surface area contributed by atoms with E-state index in [0.29, 0.717) is 18.7 Å². The summed E-state index contributed by atoms with van der Waals surface area (Å²) in [4.78, 5) is 14.9. The number of primary sulfonamides is 1. The first-order chi connectivity index (χ1) is 11.3. The van der Waals surface area contributed by atoms with Gasteiger partial charge in [-0.3, -0.25) is 4.79 Å². The molecule has 8 heteroatoms. The van der Waals surface area contributed by atoms with E-state index in [9.17, 15) is 17.6 Å². The van der Waals surface area contributed by atoms with E-state index < -0.39 is 10.0 Å². The van der Waals surface area contributed by atoms with Gasteiger partial charge in [-0.15, -0.1) is 11.8 Å². The average molecular weight is 366 g/mol. The minimum absolute atomic E-state index is 0.0521. The van der Waals surface area contributed by atoms with Crippen molar-refractivity contribution in [1.82, 2.24) is 0 Å². The van der Waals surface area contributed by atoms with Gasteiger partial charge in [0, 0.05) is 17.1 Å². The SMILES string of the molecule is NS(=O)(=O)c1ccc2c(c1)CCN2C(=O)CSc1ccc(F)cc1. The third-order valence-corrected chi connectivity index (χ3v) is 5.66. The number of thioether (sulfide) groups is 1. The number of halogens is 1.